The van der Waals surface area contributed by atoms with Crippen LogP contribution < -0.4 is 20.1 Å². The van der Waals surface area contributed by atoms with Crippen molar-refractivity contribution in [2.75, 3.05) is 19.1 Å². The van der Waals surface area contributed by atoms with E-state index in [0.717, 1.165) is 16.0 Å². The first-order chi connectivity index (χ1) is 18.8. The zero-order chi connectivity index (χ0) is 27.4. The fraction of sp³-hybridized carbons (Fsp3) is 0.200. The van der Waals surface area contributed by atoms with Gasteiger partial charge in [0.05, 0.1) is 37.8 Å². The number of carbonyl (C=O) groups is 4. The first kappa shape index (κ1) is 24.4. The summed E-state index contributed by atoms with van der Waals surface area (Å²) < 4.78 is 10.7. The van der Waals surface area contributed by atoms with Crippen molar-refractivity contribution in [2.45, 2.75) is 12.1 Å². The average molecular weight is 524 g/mol. The predicted molar refractivity (Wildman–Crippen MR) is 142 cm³/mol. The molecule has 3 amide bonds. The van der Waals surface area contributed by atoms with Crippen molar-refractivity contribution in [3.05, 3.63) is 95.2 Å². The molecule has 0 radical (unpaired) electrons. The number of fused-ring (bicyclic) bond motifs is 5. The maximum atomic E-state index is 14.1. The molecule has 3 aromatic carbocycles. The molecular formula is C30H25N3O6. The van der Waals surface area contributed by atoms with Gasteiger partial charge < -0.3 is 20.1 Å². The molecule has 9 heteroatoms. The van der Waals surface area contributed by atoms with E-state index in [2.05, 4.69) is 0 Å². The second-order valence-electron chi connectivity index (χ2n) is 9.69. The highest BCUT2D eigenvalue weighted by atomic mass is 16.5. The van der Waals surface area contributed by atoms with E-state index in [1.807, 2.05) is 35.2 Å². The Hall–Kier alpha value is -4.92. The topological polar surface area (TPSA) is 119 Å². The highest BCUT2D eigenvalue weighted by Gasteiger charge is 2.64. The van der Waals surface area contributed by atoms with Crippen molar-refractivity contribution in [2.24, 2.45) is 17.6 Å². The lowest BCUT2D eigenvalue weighted by Crippen LogP contribution is -2.44. The van der Waals surface area contributed by atoms with Gasteiger partial charge in [0.15, 0.2) is 17.3 Å². The van der Waals surface area contributed by atoms with Crippen LogP contribution in [0.3, 0.4) is 0 Å². The first-order valence-corrected chi connectivity index (χ1v) is 12.4. The molecule has 2 fully saturated rings. The Balaban J connectivity index is 1.46. The number of ketones is 1. The molecule has 0 aliphatic carbocycles. The molecule has 6 rings (SSSR count). The van der Waals surface area contributed by atoms with Crippen LogP contribution in [0, 0.1) is 11.8 Å². The van der Waals surface area contributed by atoms with Gasteiger partial charge in [0.2, 0.25) is 17.7 Å². The number of nitrogens with zero attached hydrogens (tertiary/aromatic N) is 2. The summed E-state index contributed by atoms with van der Waals surface area (Å²) in [6.07, 6.45) is 3.71. The van der Waals surface area contributed by atoms with E-state index in [4.69, 9.17) is 15.2 Å². The van der Waals surface area contributed by atoms with Crippen molar-refractivity contribution < 1.29 is 28.7 Å². The van der Waals surface area contributed by atoms with E-state index in [1.54, 1.807) is 24.4 Å². The zero-order valence-corrected chi connectivity index (χ0v) is 21.2. The fourth-order valence-corrected chi connectivity index (χ4v) is 6.05. The number of ether oxygens (including phenoxy) is 2. The van der Waals surface area contributed by atoms with Crippen molar-refractivity contribution in [3.63, 3.8) is 0 Å². The summed E-state index contributed by atoms with van der Waals surface area (Å²) in [6.45, 7) is 0. The quantitative estimate of drug-likeness (QED) is 0.389. The lowest BCUT2D eigenvalue weighted by Gasteiger charge is -2.35. The number of methoxy groups -OCH3 is 2. The minimum Gasteiger partial charge on any atom is -0.493 e. The Morgan fingerprint density at radius 3 is 2.18 bits per heavy atom. The molecule has 2 N–H and O–H groups in total. The van der Waals surface area contributed by atoms with Crippen LogP contribution in [0.2, 0.25) is 0 Å². The largest absolute Gasteiger partial charge is 0.493 e. The molecule has 0 unspecified atom stereocenters. The lowest BCUT2D eigenvalue weighted by atomic mass is 9.83. The van der Waals surface area contributed by atoms with Gasteiger partial charge in [-0.2, -0.15) is 0 Å². The molecule has 3 aliphatic heterocycles. The number of rotatable bonds is 6. The Morgan fingerprint density at radius 1 is 0.821 bits per heavy atom. The van der Waals surface area contributed by atoms with Crippen LogP contribution in [0.25, 0.3) is 6.08 Å². The second kappa shape index (κ2) is 9.13. The van der Waals surface area contributed by atoms with Crippen LogP contribution in [-0.2, 0) is 9.59 Å². The maximum absolute atomic E-state index is 14.1. The average Bonchev–Trinajstić information content (AvgIpc) is 3.44. The summed E-state index contributed by atoms with van der Waals surface area (Å²) in [4.78, 5) is 56.6. The van der Waals surface area contributed by atoms with Gasteiger partial charge >= 0.3 is 0 Å². The van der Waals surface area contributed by atoms with E-state index in [0.29, 0.717) is 22.7 Å². The normalized spacial score (nSPS) is 22.8. The number of nitrogens with two attached hydrogens (primary N) is 1. The Kier molecular flexibility index (Phi) is 5.71. The third kappa shape index (κ3) is 3.61. The highest BCUT2D eigenvalue weighted by Crippen LogP contribution is 2.53. The molecule has 4 atom stereocenters. The molecule has 9 nitrogen and oxygen atoms in total. The Morgan fingerprint density at radius 2 is 1.49 bits per heavy atom. The van der Waals surface area contributed by atoms with Crippen LogP contribution in [-0.4, -0.2) is 48.7 Å². The minimum absolute atomic E-state index is 0.261. The molecule has 0 spiro atoms. The van der Waals surface area contributed by atoms with Gasteiger partial charge in [-0.15, -0.1) is 0 Å². The smallest absolute Gasteiger partial charge is 0.248 e. The highest BCUT2D eigenvalue weighted by molar-refractivity contribution is 6.24. The third-order valence-electron chi connectivity index (χ3n) is 7.81. The van der Waals surface area contributed by atoms with E-state index in [1.165, 1.54) is 38.5 Å². The van der Waals surface area contributed by atoms with Crippen LogP contribution in [0.15, 0.2) is 72.9 Å². The number of imide groups is 1. The summed E-state index contributed by atoms with van der Waals surface area (Å²) in [5.74, 6) is -2.61. The summed E-state index contributed by atoms with van der Waals surface area (Å²) in [6, 6.07) is 17.1. The van der Waals surface area contributed by atoms with Gasteiger partial charge in [-0.1, -0.05) is 24.3 Å². The number of Topliss-reactive ketones (excluding diaryl/α,β-unsaturated/α-hetero) is 1. The predicted octanol–water partition coefficient (Wildman–Crippen LogP) is 3.20. The molecule has 2 saturated heterocycles. The van der Waals surface area contributed by atoms with Gasteiger partial charge in [0.25, 0.3) is 0 Å². The van der Waals surface area contributed by atoms with Crippen molar-refractivity contribution in [3.8, 4) is 11.5 Å². The molecular weight excluding hydrogens is 498 g/mol. The van der Waals surface area contributed by atoms with E-state index in [-0.39, 0.29) is 17.3 Å². The molecule has 0 bridgehead atoms. The number of benzene rings is 3. The molecule has 196 valence electrons. The third-order valence-corrected chi connectivity index (χ3v) is 7.81. The number of anilines is 1. The van der Waals surface area contributed by atoms with Gasteiger partial charge in [-0.05, 0) is 59.7 Å². The van der Waals surface area contributed by atoms with Crippen molar-refractivity contribution in [1.82, 2.24) is 4.90 Å². The lowest BCUT2D eigenvalue weighted by molar-refractivity contribution is -0.123. The molecule has 3 heterocycles. The zero-order valence-electron chi connectivity index (χ0n) is 21.2. The summed E-state index contributed by atoms with van der Waals surface area (Å²) in [7, 11) is 2.99. The Labute approximate surface area is 224 Å². The van der Waals surface area contributed by atoms with Crippen molar-refractivity contribution >= 4 is 35.3 Å². The maximum Gasteiger partial charge on any atom is 0.248 e. The number of hydrogen-bond donors (Lipinski definition) is 1. The van der Waals surface area contributed by atoms with Gasteiger partial charge in [0.1, 0.15) is 6.04 Å². The number of carbonyl (C=O) groups excluding carboxylic acids is 4. The molecule has 3 aliphatic rings. The van der Waals surface area contributed by atoms with Crippen LogP contribution in [0.4, 0.5) is 5.69 Å². The molecule has 3 aromatic rings. The number of primary amides is 1. The first-order valence-electron chi connectivity index (χ1n) is 12.4. The van der Waals surface area contributed by atoms with Gasteiger partial charge in [0, 0.05) is 17.3 Å². The SMILES string of the molecule is COc1ccc(C(=O)[C@@H]2[C@@H]3C(=O)N(c4ccc(C(N)=O)cc4)C(=O)[C@@H]3[C@@H]3c4ccccc4C=CN23)cc1OC. The van der Waals surface area contributed by atoms with E-state index >= 15 is 0 Å². The molecule has 0 aromatic heterocycles. The fourth-order valence-electron chi connectivity index (χ4n) is 6.05. The van der Waals surface area contributed by atoms with Gasteiger partial charge in [-0.25, -0.2) is 4.90 Å². The number of amides is 3. The van der Waals surface area contributed by atoms with Gasteiger partial charge in [-0.3, -0.25) is 19.2 Å². The van der Waals surface area contributed by atoms with E-state index in [9.17, 15) is 19.2 Å². The molecule has 39 heavy (non-hydrogen) atoms. The van der Waals surface area contributed by atoms with Crippen LogP contribution >= 0.6 is 0 Å². The van der Waals surface area contributed by atoms with Crippen LogP contribution in [0.1, 0.15) is 37.9 Å². The minimum atomic E-state index is -0.922. The number of hydrogen-bond acceptors (Lipinski definition) is 7. The van der Waals surface area contributed by atoms with Crippen molar-refractivity contribution in [1.29, 1.82) is 0 Å². The summed E-state index contributed by atoms with van der Waals surface area (Å²) in [5, 5.41) is 0. The second-order valence-corrected chi connectivity index (χ2v) is 9.69. The van der Waals surface area contributed by atoms with Crippen LogP contribution in [0.5, 0.6) is 11.5 Å². The van der Waals surface area contributed by atoms with E-state index < -0.39 is 35.7 Å². The standard InChI is InChI=1S/C30H25N3O6/c1-38-21-12-9-18(15-22(21)39-2)27(34)26-24-23(25-20-6-4-3-5-16(20)13-14-32(25)26)29(36)33(30(24)37)19-10-7-17(8-11-19)28(31)35/h3-15,23-26H,1-2H3,(H2,31,35)/t23-,24+,25-,26-/m0/s1. The monoisotopic (exact) mass is 523 g/mol. The molecule has 0 saturated carbocycles. The summed E-state index contributed by atoms with van der Waals surface area (Å²) in [5.41, 5.74) is 8.10. The Bertz CT molecular complexity index is 1560. The summed E-state index contributed by atoms with van der Waals surface area (Å²) >= 11 is 0.